The minimum absolute atomic E-state index is 0.252. The second-order valence-corrected chi connectivity index (χ2v) is 6.21. The number of benzene rings is 1. The van der Waals surface area contributed by atoms with Crippen molar-refractivity contribution in [2.24, 2.45) is 0 Å². The van der Waals surface area contributed by atoms with Gasteiger partial charge < -0.3 is 5.32 Å². The Bertz CT molecular complexity index is 549. The van der Waals surface area contributed by atoms with Crippen LogP contribution in [0.1, 0.15) is 31.9 Å². The molecule has 1 saturated heterocycles. The summed E-state index contributed by atoms with van der Waals surface area (Å²) in [5.41, 5.74) is 1.32. The first-order valence-corrected chi connectivity index (χ1v) is 8.59. The van der Waals surface area contributed by atoms with Crippen LogP contribution in [0.3, 0.4) is 0 Å². The van der Waals surface area contributed by atoms with Gasteiger partial charge in [-0.15, -0.1) is 0 Å². The van der Waals surface area contributed by atoms with Crippen molar-refractivity contribution in [3.05, 3.63) is 35.9 Å². The van der Waals surface area contributed by atoms with Crippen LogP contribution in [0, 0.1) is 0 Å². The maximum atomic E-state index is 11.9. The van der Waals surface area contributed by atoms with Gasteiger partial charge >= 0.3 is 6.03 Å². The Hall–Kier alpha value is -1.92. The van der Waals surface area contributed by atoms with E-state index in [9.17, 15) is 9.59 Å². The van der Waals surface area contributed by atoms with Crippen LogP contribution >= 0.6 is 0 Å². The number of urea groups is 1. The van der Waals surface area contributed by atoms with Crippen molar-refractivity contribution in [2.45, 2.75) is 32.4 Å². The highest BCUT2D eigenvalue weighted by atomic mass is 16.2. The van der Waals surface area contributed by atoms with Crippen LogP contribution < -0.4 is 10.6 Å². The fourth-order valence-electron chi connectivity index (χ4n) is 3.27. The molecule has 24 heavy (non-hydrogen) atoms. The van der Waals surface area contributed by atoms with Crippen LogP contribution in [0.2, 0.25) is 0 Å². The summed E-state index contributed by atoms with van der Waals surface area (Å²) in [5, 5.41) is 4.73. The predicted octanol–water partition coefficient (Wildman–Crippen LogP) is 1.60. The summed E-state index contributed by atoms with van der Waals surface area (Å²) in [7, 11) is 1.50. The average molecular weight is 332 g/mol. The minimum Gasteiger partial charge on any atom is -0.341 e. The number of amides is 3. The Labute approximate surface area is 144 Å². The first-order valence-electron chi connectivity index (χ1n) is 8.59. The topological polar surface area (TPSA) is 64.7 Å². The molecule has 1 aliphatic rings. The molecular formula is C18H28N4O2. The highest BCUT2D eigenvalue weighted by molar-refractivity contribution is 5.95. The molecule has 3 amide bonds. The van der Waals surface area contributed by atoms with Crippen LogP contribution in [-0.2, 0) is 4.79 Å². The molecule has 0 unspecified atom stereocenters. The number of rotatable bonds is 6. The lowest BCUT2D eigenvalue weighted by molar-refractivity contribution is -0.121. The van der Waals surface area contributed by atoms with Crippen molar-refractivity contribution >= 4 is 11.9 Å². The van der Waals surface area contributed by atoms with Crippen molar-refractivity contribution in [1.29, 1.82) is 0 Å². The van der Waals surface area contributed by atoms with Crippen molar-refractivity contribution in [3.63, 3.8) is 0 Å². The van der Waals surface area contributed by atoms with E-state index in [1.54, 1.807) is 0 Å². The summed E-state index contributed by atoms with van der Waals surface area (Å²) in [6, 6.07) is 10.8. The van der Waals surface area contributed by atoms with Crippen LogP contribution in [0.15, 0.2) is 30.3 Å². The summed E-state index contributed by atoms with van der Waals surface area (Å²) in [5.74, 6) is -0.259. The number of hydrogen-bond acceptors (Lipinski definition) is 4. The molecule has 0 aromatic heterocycles. The van der Waals surface area contributed by atoms with Gasteiger partial charge in [-0.2, -0.15) is 0 Å². The van der Waals surface area contributed by atoms with Crippen LogP contribution in [-0.4, -0.2) is 61.0 Å². The van der Waals surface area contributed by atoms with E-state index in [1.165, 1.54) is 12.6 Å². The van der Waals surface area contributed by atoms with Gasteiger partial charge in [-0.3, -0.25) is 19.9 Å². The Kier molecular flexibility index (Phi) is 6.75. The van der Waals surface area contributed by atoms with Crippen LogP contribution in [0.25, 0.3) is 0 Å². The predicted molar refractivity (Wildman–Crippen MR) is 94.7 cm³/mol. The van der Waals surface area contributed by atoms with E-state index in [1.807, 2.05) is 6.07 Å². The first-order chi connectivity index (χ1) is 11.5. The Morgan fingerprint density at radius 1 is 1.33 bits per heavy atom. The normalized spacial score (nSPS) is 19.2. The number of hydrogen-bond donors (Lipinski definition) is 2. The summed E-state index contributed by atoms with van der Waals surface area (Å²) in [4.78, 5) is 27.8. The first kappa shape index (κ1) is 18.4. The Morgan fingerprint density at radius 3 is 2.67 bits per heavy atom. The number of carbonyl (C=O) groups excluding carboxylic acids is 2. The number of carbonyl (C=O) groups is 2. The second kappa shape index (κ2) is 8.80. The van der Waals surface area contributed by atoms with E-state index < -0.39 is 6.03 Å². The maximum absolute atomic E-state index is 11.9. The molecule has 2 atom stereocenters. The molecule has 0 aliphatic carbocycles. The van der Waals surface area contributed by atoms with Gasteiger partial charge in [-0.05, 0) is 25.5 Å². The molecule has 6 heteroatoms. The van der Waals surface area contributed by atoms with E-state index in [0.29, 0.717) is 12.1 Å². The van der Waals surface area contributed by atoms with Crippen LogP contribution in [0.5, 0.6) is 0 Å². The number of nitrogens with one attached hydrogen (secondary N) is 2. The molecule has 1 aliphatic heterocycles. The number of imide groups is 1. The molecule has 1 aromatic rings. The highest BCUT2D eigenvalue weighted by Crippen LogP contribution is 2.26. The van der Waals surface area contributed by atoms with Crippen molar-refractivity contribution in [2.75, 3.05) is 33.2 Å². The van der Waals surface area contributed by atoms with Gasteiger partial charge in [0.05, 0.1) is 6.54 Å². The largest absolute Gasteiger partial charge is 0.341 e. The van der Waals surface area contributed by atoms with Gasteiger partial charge in [0.25, 0.3) is 0 Å². The van der Waals surface area contributed by atoms with Gasteiger partial charge in [0.15, 0.2) is 0 Å². The van der Waals surface area contributed by atoms with E-state index in [4.69, 9.17) is 0 Å². The van der Waals surface area contributed by atoms with Crippen LogP contribution in [0.4, 0.5) is 4.79 Å². The molecule has 2 rings (SSSR count). The van der Waals surface area contributed by atoms with Gasteiger partial charge in [-0.25, -0.2) is 4.79 Å². The number of likely N-dealkylation sites (N-methyl/N-ethyl adjacent to an activating group) is 1. The highest BCUT2D eigenvalue weighted by Gasteiger charge is 2.30. The molecule has 0 radical (unpaired) electrons. The Morgan fingerprint density at radius 2 is 2.04 bits per heavy atom. The SMILES string of the molecule is CCN(CC(=O)NC(=O)NC)[C@@H]1CCN([C@H](C)c2ccccc2)C1. The molecule has 6 nitrogen and oxygen atoms in total. The van der Waals surface area contributed by atoms with Gasteiger partial charge in [0, 0.05) is 32.2 Å². The standard InChI is InChI=1S/C18H28N4O2/c1-4-21(13-17(23)20-18(24)19-3)16-10-11-22(12-16)14(2)15-8-6-5-7-9-15/h5-9,14,16H,4,10-13H2,1-3H3,(H2,19,20,23,24)/t14-,16-/m1/s1. The van der Waals surface area contributed by atoms with Gasteiger partial charge in [-0.1, -0.05) is 37.3 Å². The van der Waals surface area contributed by atoms with E-state index >= 15 is 0 Å². The third kappa shape index (κ3) is 4.79. The fraction of sp³-hybridized carbons (Fsp3) is 0.556. The van der Waals surface area contributed by atoms with Gasteiger partial charge in [0.1, 0.15) is 0 Å². The molecule has 0 bridgehead atoms. The lowest BCUT2D eigenvalue weighted by Crippen LogP contribution is -2.47. The number of likely N-dealkylation sites (tertiary alicyclic amines) is 1. The Balaban J connectivity index is 1.90. The van der Waals surface area contributed by atoms with Crippen molar-refractivity contribution in [3.8, 4) is 0 Å². The lowest BCUT2D eigenvalue weighted by atomic mass is 10.1. The van der Waals surface area contributed by atoms with E-state index in [-0.39, 0.29) is 12.5 Å². The van der Waals surface area contributed by atoms with Gasteiger partial charge in [0.2, 0.25) is 5.91 Å². The second-order valence-electron chi connectivity index (χ2n) is 6.21. The third-order valence-corrected chi connectivity index (χ3v) is 4.77. The quantitative estimate of drug-likeness (QED) is 0.830. The lowest BCUT2D eigenvalue weighted by Gasteiger charge is -2.29. The third-order valence-electron chi connectivity index (χ3n) is 4.77. The fourth-order valence-corrected chi connectivity index (χ4v) is 3.27. The molecular weight excluding hydrogens is 304 g/mol. The zero-order valence-corrected chi connectivity index (χ0v) is 14.8. The average Bonchev–Trinajstić information content (AvgIpc) is 3.09. The van der Waals surface area contributed by atoms with Crippen molar-refractivity contribution < 1.29 is 9.59 Å². The van der Waals surface area contributed by atoms with Crippen molar-refractivity contribution in [1.82, 2.24) is 20.4 Å². The molecule has 2 N–H and O–H groups in total. The molecule has 1 aromatic carbocycles. The van der Waals surface area contributed by atoms with E-state index in [2.05, 4.69) is 58.5 Å². The molecule has 132 valence electrons. The monoisotopic (exact) mass is 332 g/mol. The molecule has 0 saturated carbocycles. The summed E-state index contributed by atoms with van der Waals surface area (Å²) < 4.78 is 0. The minimum atomic E-state index is -0.457. The molecule has 1 fully saturated rings. The number of nitrogens with zero attached hydrogens (tertiary/aromatic N) is 2. The zero-order chi connectivity index (χ0) is 17.5. The molecule has 0 spiro atoms. The summed E-state index contributed by atoms with van der Waals surface area (Å²) >= 11 is 0. The van der Waals surface area contributed by atoms with E-state index in [0.717, 1.165) is 26.1 Å². The zero-order valence-electron chi connectivity index (χ0n) is 14.8. The summed E-state index contributed by atoms with van der Waals surface area (Å²) in [6.07, 6.45) is 1.04. The summed E-state index contributed by atoms with van der Waals surface area (Å²) in [6.45, 7) is 7.29. The smallest absolute Gasteiger partial charge is 0.321 e. The maximum Gasteiger partial charge on any atom is 0.321 e. The molecule has 1 heterocycles.